The molecule has 2 heterocycles. The van der Waals surface area contributed by atoms with Crippen LogP contribution >= 0.6 is 0 Å². The maximum atomic E-state index is 11.7. The van der Waals surface area contributed by atoms with Crippen molar-refractivity contribution in [2.24, 2.45) is 0 Å². The average molecular weight is 278 g/mol. The van der Waals surface area contributed by atoms with E-state index < -0.39 is 0 Å². The van der Waals surface area contributed by atoms with Crippen molar-refractivity contribution in [3.63, 3.8) is 0 Å². The molecule has 4 N–H and O–H groups in total. The van der Waals surface area contributed by atoms with Gasteiger partial charge in [-0.25, -0.2) is 4.98 Å². The fourth-order valence-electron chi connectivity index (χ4n) is 2.29. The van der Waals surface area contributed by atoms with E-state index in [1.54, 1.807) is 12.4 Å². The normalized spacial score (nSPS) is 23.5. The van der Waals surface area contributed by atoms with E-state index in [1.807, 2.05) is 0 Å². The monoisotopic (exact) mass is 278 g/mol. The highest BCUT2D eigenvalue weighted by molar-refractivity contribution is 5.91. The number of rotatable bonds is 6. The molecule has 0 aromatic carbocycles. The van der Waals surface area contributed by atoms with Crippen LogP contribution in [-0.2, 0) is 4.79 Å². The maximum absolute atomic E-state index is 11.7. The van der Waals surface area contributed by atoms with Crippen LogP contribution in [0.25, 0.3) is 0 Å². The largest absolute Gasteiger partial charge is 0.308 e. The van der Waals surface area contributed by atoms with Gasteiger partial charge in [-0.15, -0.1) is 0 Å². The Labute approximate surface area is 118 Å². The van der Waals surface area contributed by atoms with Gasteiger partial charge in [-0.05, 0) is 26.7 Å². The van der Waals surface area contributed by atoms with E-state index in [1.165, 1.54) is 6.20 Å². The van der Waals surface area contributed by atoms with Gasteiger partial charge in [0.15, 0.2) is 5.82 Å². The highest BCUT2D eigenvalue weighted by atomic mass is 16.2. The second-order valence-corrected chi connectivity index (χ2v) is 5.28. The number of nitrogens with zero attached hydrogens (tertiary/aromatic N) is 2. The molecule has 20 heavy (non-hydrogen) atoms. The van der Waals surface area contributed by atoms with E-state index in [4.69, 9.17) is 0 Å². The minimum Gasteiger partial charge on any atom is -0.308 e. The van der Waals surface area contributed by atoms with Gasteiger partial charge in [-0.1, -0.05) is 0 Å². The van der Waals surface area contributed by atoms with Gasteiger partial charge in [0.25, 0.3) is 0 Å². The lowest BCUT2D eigenvalue weighted by Crippen LogP contribution is -2.40. The molecule has 3 atom stereocenters. The van der Waals surface area contributed by atoms with E-state index in [0.717, 1.165) is 12.8 Å². The van der Waals surface area contributed by atoms with Crippen LogP contribution < -0.4 is 21.5 Å². The van der Waals surface area contributed by atoms with Crippen molar-refractivity contribution in [2.45, 2.75) is 44.8 Å². The van der Waals surface area contributed by atoms with Crippen molar-refractivity contribution >= 4 is 11.7 Å². The topological polar surface area (TPSA) is 91.0 Å². The second kappa shape index (κ2) is 7.28. The highest BCUT2D eigenvalue weighted by Gasteiger charge is 2.21. The van der Waals surface area contributed by atoms with Crippen LogP contribution in [-0.4, -0.2) is 40.5 Å². The molecular formula is C13H22N6O. The van der Waals surface area contributed by atoms with Crippen LogP contribution in [0, 0.1) is 0 Å². The number of hydrazine groups is 1. The molecule has 0 spiro atoms. The Morgan fingerprint density at radius 2 is 2.35 bits per heavy atom. The fraction of sp³-hybridized carbons (Fsp3) is 0.615. The lowest BCUT2D eigenvalue weighted by atomic mass is 10.0. The van der Waals surface area contributed by atoms with Crippen LogP contribution in [0.15, 0.2) is 18.6 Å². The van der Waals surface area contributed by atoms with Gasteiger partial charge < -0.3 is 10.6 Å². The molecular weight excluding hydrogens is 256 g/mol. The summed E-state index contributed by atoms with van der Waals surface area (Å²) in [7, 11) is 0. The van der Waals surface area contributed by atoms with Crippen molar-refractivity contribution in [1.82, 2.24) is 26.1 Å². The second-order valence-electron chi connectivity index (χ2n) is 5.28. The summed E-state index contributed by atoms with van der Waals surface area (Å²) in [5.74, 6) is 0.366. The Kier molecular flexibility index (Phi) is 5.40. The van der Waals surface area contributed by atoms with Crippen LogP contribution in [0.5, 0.6) is 0 Å². The SMILES string of the molecule is CC(CC1CC(C)NN1)NCC(=O)Nc1cnccn1. The Morgan fingerprint density at radius 1 is 1.50 bits per heavy atom. The van der Waals surface area contributed by atoms with Gasteiger partial charge in [-0.2, -0.15) is 0 Å². The summed E-state index contributed by atoms with van der Waals surface area (Å²) >= 11 is 0. The van der Waals surface area contributed by atoms with Gasteiger partial charge in [0.05, 0.1) is 12.7 Å². The molecule has 0 radical (unpaired) electrons. The zero-order chi connectivity index (χ0) is 14.4. The number of hydrogen-bond donors (Lipinski definition) is 4. The number of carbonyl (C=O) groups excluding carboxylic acids is 1. The van der Waals surface area contributed by atoms with Crippen molar-refractivity contribution in [3.05, 3.63) is 18.6 Å². The number of nitrogens with one attached hydrogen (secondary N) is 4. The predicted molar refractivity (Wildman–Crippen MR) is 76.9 cm³/mol. The number of hydrogen-bond acceptors (Lipinski definition) is 6. The van der Waals surface area contributed by atoms with Gasteiger partial charge >= 0.3 is 0 Å². The quantitative estimate of drug-likeness (QED) is 0.587. The number of aromatic nitrogens is 2. The van der Waals surface area contributed by atoms with E-state index in [0.29, 0.717) is 17.9 Å². The minimum absolute atomic E-state index is 0.108. The molecule has 1 aliphatic heterocycles. The number of carbonyl (C=O) groups is 1. The fourth-order valence-corrected chi connectivity index (χ4v) is 2.29. The summed E-state index contributed by atoms with van der Waals surface area (Å²) in [5, 5.41) is 5.91. The molecule has 7 nitrogen and oxygen atoms in total. The predicted octanol–water partition coefficient (Wildman–Crippen LogP) is 0.0383. The van der Waals surface area contributed by atoms with E-state index in [2.05, 4.69) is 45.3 Å². The molecule has 1 amide bonds. The van der Waals surface area contributed by atoms with Gasteiger partial charge in [-0.3, -0.25) is 20.6 Å². The van der Waals surface area contributed by atoms with Crippen LogP contribution in [0.4, 0.5) is 5.82 Å². The minimum atomic E-state index is -0.108. The van der Waals surface area contributed by atoms with Gasteiger partial charge in [0.2, 0.25) is 5.91 Å². The molecule has 1 aromatic rings. The molecule has 110 valence electrons. The van der Waals surface area contributed by atoms with Crippen LogP contribution in [0.1, 0.15) is 26.7 Å². The summed E-state index contributed by atoms with van der Waals surface area (Å²) in [6.45, 7) is 4.51. The summed E-state index contributed by atoms with van der Waals surface area (Å²) in [5.41, 5.74) is 6.46. The molecule has 1 aliphatic rings. The lowest BCUT2D eigenvalue weighted by Gasteiger charge is -2.17. The maximum Gasteiger partial charge on any atom is 0.239 e. The first kappa shape index (κ1) is 14.8. The Morgan fingerprint density at radius 3 is 3.00 bits per heavy atom. The zero-order valence-corrected chi connectivity index (χ0v) is 11.9. The average Bonchev–Trinajstić information content (AvgIpc) is 2.83. The molecule has 0 aliphatic carbocycles. The summed E-state index contributed by atoms with van der Waals surface area (Å²) in [4.78, 5) is 19.6. The molecule has 3 unspecified atom stereocenters. The molecule has 0 saturated carbocycles. The summed E-state index contributed by atoms with van der Waals surface area (Å²) in [6, 6.07) is 1.23. The van der Waals surface area contributed by atoms with Crippen LogP contribution in [0.2, 0.25) is 0 Å². The van der Waals surface area contributed by atoms with Crippen molar-refractivity contribution in [1.29, 1.82) is 0 Å². The first-order chi connectivity index (χ1) is 9.63. The highest BCUT2D eigenvalue weighted by Crippen LogP contribution is 2.09. The van der Waals surface area contributed by atoms with Crippen LogP contribution in [0.3, 0.4) is 0 Å². The Hall–Kier alpha value is -1.57. The summed E-state index contributed by atoms with van der Waals surface area (Å²) in [6.07, 6.45) is 6.73. The third-order valence-electron chi connectivity index (χ3n) is 3.25. The van der Waals surface area contributed by atoms with Gasteiger partial charge in [0.1, 0.15) is 0 Å². The third kappa shape index (κ3) is 4.84. The molecule has 2 rings (SSSR count). The van der Waals surface area contributed by atoms with E-state index in [9.17, 15) is 4.79 Å². The molecule has 1 fully saturated rings. The van der Waals surface area contributed by atoms with E-state index >= 15 is 0 Å². The summed E-state index contributed by atoms with van der Waals surface area (Å²) < 4.78 is 0. The Bertz CT molecular complexity index is 426. The molecule has 7 heteroatoms. The van der Waals surface area contributed by atoms with Crippen molar-refractivity contribution in [3.8, 4) is 0 Å². The molecule has 1 saturated heterocycles. The number of anilines is 1. The first-order valence-corrected chi connectivity index (χ1v) is 6.94. The third-order valence-corrected chi connectivity index (χ3v) is 3.25. The molecule has 0 bridgehead atoms. The van der Waals surface area contributed by atoms with Crippen molar-refractivity contribution in [2.75, 3.05) is 11.9 Å². The standard InChI is InChI=1S/C13H22N6O/c1-9(5-11-6-10(2)18-19-11)16-8-13(20)17-12-7-14-3-4-15-12/h3-4,7,9-11,16,18-19H,5-6,8H2,1-2H3,(H,15,17,20). The molecule has 1 aromatic heterocycles. The Balaban J connectivity index is 1.65. The smallest absolute Gasteiger partial charge is 0.239 e. The number of amides is 1. The van der Waals surface area contributed by atoms with Crippen molar-refractivity contribution < 1.29 is 4.79 Å². The zero-order valence-electron chi connectivity index (χ0n) is 11.9. The first-order valence-electron chi connectivity index (χ1n) is 6.94. The lowest BCUT2D eigenvalue weighted by molar-refractivity contribution is -0.115. The van der Waals surface area contributed by atoms with Gasteiger partial charge in [0, 0.05) is 30.5 Å². The van der Waals surface area contributed by atoms with E-state index in [-0.39, 0.29) is 18.5 Å².